The minimum absolute atomic E-state index is 0.302. The Morgan fingerprint density at radius 2 is 1.94 bits per heavy atom. The highest BCUT2D eigenvalue weighted by Gasteiger charge is 2.12. The van der Waals surface area contributed by atoms with E-state index in [0.717, 1.165) is 16.5 Å². The zero-order valence-electron chi connectivity index (χ0n) is 9.82. The van der Waals surface area contributed by atoms with Gasteiger partial charge < -0.3 is 4.57 Å². The second-order valence-corrected chi connectivity index (χ2v) is 4.94. The predicted molar refractivity (Wildman–Crippen MR) is 69.3 cm³/mol. The summed E-state index contributed by atoms with van der Waals surface area (Å²) >= 11 is 4.25. The van der Waals surface area contributed by atoms with Gasteiger partial charge in [-0.15, -0.1) is 12.6 Å². The van der Waals surface area contributed by atoms with Crippen LogP contribution in [0.4, 0.5) is 8.78 Å². The van der Waals surface area contributed by atoms with Crippen molar-refractivity contribution in [3.63, 3.8) is 0 Å². The normalized spacial score (nSPS) is 11.9. The third-order valence-corrected chi connectivity index (χ3v) is 3.26. The Bertz CT molecular complexity index is 531. The summed E-state index contributed by atoms with van der Waals surface area (Å²) in [4.78, 5) is 0. The van der Waals surface area contributed by atoms with Crippen LogP contribution < -0.4 is 0 Å². The summed E-state index contributed by atoms with van der Waals surface area (Å²) in [6, 6.07) is 7.80. The van der Waals surface area contributed by atoms with Crippen molar-refractivity contribution in [3.05, 3.63) is 29.8 Å². The van der Waals surface area contributed by atoms with Crippen LogP contribution in [0.5, 0.6) is 0 Å². The van der Waals surface area contributed by atoms with Crippen LogP contribution in [0.2, 0.25) is 0 Å². The molecule has 0 aliphatic rings. The van der Waals surface area contributed by atoms with Crippen LogP contribution in [0.25, 0.3) is 10.9 Å². The number of fused-ring (bicyclic) bond motifs is 1. The molecule has 1 aromatic carbocycles. The lowest BCUT2D eigenvalue weighted by molar-refractivity contribution is 0.125. The number of hydrogen-bond acceptors (Lipinski definition) is 1. The second-order valence-electron chi connectivity index (χ2n) is 4.48. The summed E-state index contributed by atoms with van der Waals surface area (Å²) < 4.78 is 26.6. The number of rotatable bonds is 3. The molecule has 0 amide bonds. The number of halogens is 2. The Balaban J connectivity index is 2.56. The first-order valence-electron chi connectivity index (χ1n) is 5.59. The summed E-state index contributed by atoms with van der Waals surface area (Å²) in [7, 11) is 0. The Hall–Kier alpha value is -1.03. The molecular formula is C13H15F2NS. The zero-order valence-corrected chi connectivity index (χ0v) is 10.7. The highest BCUT2D eigenvalue weighted by Crippen LogP contribution is 2.27. The fourth-order valence-corrected chi connectivity index (χ4v) is 2.27. The van der Waals surface area contributed by atoms with Crippen molar-refractivity contribution in [2.45, 2.75) is 37.8 Å². The average Bonchev–Trinajstić information content (AvgIpc) is 2.54. The largest absolute Gasteiger partial charge is 0.330 e. The zero-order chi connectivity index (χ0) is 12.6. The molecule has 0 unspecified atom stereocenters. The molecule has 17 heavy (non-hydrogen) atoms. The van der Waals surface area contributed by atoms with Gasteiger partial charge in [0.1, 0.15) is 0 Å². The molecule has 2 aromatic rings. The van der Waals surface area contributed by atoms with E-state index in [0.29, 0.717) is 10.9 Å². The lowest BCUT2D eigenvalue weighted by Gasteiger charge is -2.09. The van der Waals surface area contributed by atoms with Crippen LogP contribution in [0.3, 0.4) is 0 Å². The van der Waals surface area contributed by atoms with Crippen molar-refractivity contribution < 1.29 is 8.78 Å². The van der Waals surface area contributed by atoms with Gasteiger partial charge in [-0.1, -0.05) is 26.0 Å². The smallest absolute Gasteiger partial charge is 0.256 e. The molecule has 4 heteroatoms. The van der Waals surface area contributed by atoms with Gasteiger partial charge in [0.05, 0.1) is 11.6 Å². The number of hydrogen-bond donors (Lipinski definition) is 1. The van der Waals surface area contributed by atoms with Crippen LogP contribution >= 0.6 is 12.6 Å². The maximum Gasteiger partial charge on any atom is 0.256 e. The van der Waals surface area contributed by atoms with Gasteiger partial charge in [-0.25, -0.2) is 8.78 Å². The van der Waals surface area contributed by atoms with Crippen molar-refractivity contribution in [1.82, 2.24) is 4.57 Å². The van der Waals surface area contributed by atoms with E-state index in [4.69, 9.17) is 0 Å². The van der Waals surface area contributed by atoms with Gasteiger partial charge in [0.15, 0.2) is 0 Å². The lowest BCUT2D eigenvalue weighted by Crippen LogP contribution is -2.06. The SMILES string of the molecule is CC(C)c1ccc2cc(S)n(CC(F)F)c2c1. The van der Waals surface area contributed by atoms with E-state index < -0.39 is 6.43 Å². The van der Waals surface area contributed by atoms with Crippen LogP contribution in [0.15, 0.2) is 29.3 Å². The maximum atomic E-state index is 12.5. The van der Waals surface area contributed by atoms with E-state index in [9.17, 15) is 8.78 Å². The van der Waals surface area contributed by atoms with Crippen molar-refractivity contribution >= 4 is 23.5 Å². The Kier molecular flexibility index (Phi) is 3.43. The molecule has 0 N–H and O–H groups in total. The third-order valence-electron chi connectivity index (χ3n) is 2.89. The molecule has 0 saturated carbocycles. The first kappa shape index (κ1) is 12.4. The van der Waals surface area contributed by atoms with Crippen LogP contribution in [0, 0.1) is 0 Å². The molecule has 0 atom stereocenters. The average molecular weight is 255 g/mol. The highest BCUT2D eigenvalue weighted by molar-refractivity contribution is 7.80. The number of aromatic nitrogens is 1. The molecular weight excluding hydrogens is 240 g/mol. The van der Waals surface area contributed by atoms with Crippen molar-refractivity contribution in [2.75, 3.05) is 0 Å². The van der Waals surface area contributed by atoms with Gasteiger partial charge in [0.25, 0.3) is 6.43 Å². The van der Waals surface area contributed by atoms with E-state index in [-0.39, 0.29) is 6.54 Å². The molecule has 1 aromatic heterocycles. The molecule has 0 radical (unpaired) electrons. The summed E-state index contributed by atoms with van der Waals surface area (Å²) in [5.41, 5.74) is 1.99. The van der Waals surface area contributed by atoms with Crippen LogP contribution in [0.1, 0.15) is 25.3 Å². The standard InChI is InChI=1S/C13H15F2NS/c1-8(2)9-3-4-10-6-13(17)16(7-12(14)15)11(10)5-9/h3-6,8,12,17H,7H2,1-2H3. The molecule has 0 aliphatic carbocycles. The quantitative estimate of drug-likeness (QED) is 0.779. The minimum Gasteiger partial charge on any atom is -0.330 e. The van der Waals surface area contributed by atoms with Crippen LogP contribution in [-0.4, -0.2) is 11.0 Å². The first-order valence-corrected chi connectivity index (χ1v) is 6.04. The second kappa shape index (κ2) is 4.69. The van der Waals surface area contributed by atoms with Gasteiger partial charge in [-0.2, -0.15) is 0 Å². The highest BCUT2D eigenvalue weighted by atomic mass is 32.1. The van der Waals surface area contributed by atoms with E-state index in [1.165, 1.54) is 0 Å². The number of benzene rings is 1. The molecule has 0 fully saturated rings. The van der Waals surface area contributed by atoms with Gasteiger partial charge in [0, 0.05) is 10.9 Å². The molecule has 0 spiro atoms. The molecule has 0 bridgehead atoms. The number of alkyl halides is 2. The number of nitrogens with zero attached hydrogens (tertiary/aromatic N) is 1. The van der Waals surface area contributed by atoms with Crippen LogP contribution in [-0.2, 0) is 6.54 Å². The predicted octanol–water partition coefficient (Wildman–Crippen LogP) is 4.32. The lowest BCUT2D eigenvalue weighted by atomic mass is 10.0. The molecule has 92 valence electrons. The summed E-state index contributed by atoms with van der Waals surface area (Å²) in [5.74, 6) is 0.387. The molecule has 2 rings (SSSR count). The van der Waals surface area contributed by atoms with E-state index >= 15 is 0 Å². The minimum atomic E-state index is -2.36. The molecule has 1 nitrogen and oxygen atoms in total. The summed E-state index contributed by atoms with van der Waals surface area (Å²) in [5, 5.41) is 1.54. The Labute approximate surface area is 105 Å². The van der Waals surface area contributed by atoms with Crippen molar-refractivity contribution in [1.29, 1.82) is 0 Å². The van der Waals surface area contributed by atoms with E-state index in [1.807, 2.05) is 24.3 Å². The Morgan fingerprint density at radius 1 is 1.24 bits per heavy atom. The first-order chi connectivity index (χ1) is 7.99. The molecule has 0 aliphatic heterocycles. The van der Waals surface area contributed by atoms with Crippen molar-refractivity contribution in [3.8, 4) is 0 Å². The van der Waals surface area contributed by atoms with Gasteiger partial charge >= 0.3 is 0 Å². The monoisotopic (exact) mass is 255 g/mol. The fraction of sp³-hybridized carbons (Fsp3) is 0.385. The molecule has 0 saturated heterocycles. The Morgan fingerprint density at radius 3 is 2.53 bits per heavy atom. The molecule has 1 heterocycles. The van der Waals surface area contributed by atoms with E-state index in [1.54, 1.807) is 4.57 Å². The van der Waals surface area contributed by atoms with Gasteiger partial charge in [-0.05, 0) is 23.6 Å². The maximum absolute atomic E-state index is 12.5. The fourth-order valence-electron chi connectivity index (χ4n) is 1.95. The van der Waals surface area contributed by atoms with Crippen molar-refractivity contribution in [2.24, 2.45) is 0 Å². The van der Waals surface area contributed by atoms with Gasteiger partial charge in [-0.3, -0.25) is 0 Å². The van der Waals surface area contributed by atoms with E-state index in [2.05, 4.69) is 26.5 Å². The summed E-state index contributed by atoms with van der Waals surface area (Å²) in [6.07, 6.45) is -2.36. The summed E-state index contributed by atoms with van der Waals surface area (Å²) in [6.45, 7) is 3.87. The number of thiol groups is 1. The third kappa shape index (κ3) is 2.46. The topological polar surface area (TPSA) is 4.93 Å². The van der Waals surface area contributed by atoms with Gasteiger partial charge in [0.2, 0.25) is 0 Å².